The van der Waals surface area contributed by atoms with E-state index in [0.29, 0.717) is 13.1 Å². The number of thiophene rings is 1. The van der Waals surface area contributed by atoms with E-state index >= 15 is 0 Å². The molecule has 1 N–H and O–H groups in total. The van der Waals surface area contributed by atoms with Gasteiger partial charge in [0.1, 0.15) is 0 Å². The third kappa shape index (κ3) is 4.30. The second-order valence-corrected chi connectivity index (χ2v) is 6.32. The Hall–Kier alpha value is -0.910. The minimum atomic E-state index is 0.136. The van der Waals surface area contributed by atoms with Crippen LogP contribution in [0, 0.1) is 0 Å². The molecule has 1 fully saturated rings. The number of likely N-dealkylation sites (tertiary alicyclic amines) is 1. The van der Waals surface area contributed by atoms with E-state index in [2.05, 4.69) is 16.3 Å². The summed E-state index contributed by atoms with van der Waals surface area (Å²) in [5.41, 5.74) is 1.18. The highest BCUT2D eigenvalue weighted by atomic mass is 32.1. The first-order valence-corrected chi connectivity index (χ1v) is 8.25. The van der Waals surface area contributed by atoms with Gasteiger partial charge in [-0.3, -0.25) is 9.69 Å². The van der Waals surface area contributed by atoms with Gasteiger partial charge < -0.3 is 10.0 Å². The van der Waals surface area contributed by atoms with Gasteiger partial charge in [-0.15, -0.1) is 0 Å². The monoisotopic (exact) mass is 296 g/mol. The maximum Gasteiger partial charge on any atom is 0.236 e. The fraction of sp³-hybridized carbons (Fsp3) is 0.667. The van der Waals surface area contributed by atoms with Gasteiger partial charge in [0.15, 0.2) is 0 Å². The minimum Gasteiger partial charge on any atom is -0.395 e. The number of likely N-dealkylation sites (N-methyl/N-ethyl adjacent to an activating group) is 1. The molecule has 2 heterocycles. The van der Waals surface area contributed by atoms with Crippen LogP contribution in [0.15, 0.2) is 16.8 Å². The number of carbonyl (C=O) groups excluding carboxylic acids is 1. The summed E-state index contributed by atoms with van der Waals surface area (Å²) in [6.45, 7) is 2.16. The molecule has 1 saturated heterocycles. The molecule has 1 atom stereocenters. The quantitative estimate of drug-likeness (QED) is 0.903. The molecule has 1 aromatic heterocycles. The second kappa shape index (κ2) is 7.76. The predicted octanol–water partition coefficient (Wildman–Crippen LogP) is 1.94. The van der Waals surface area contributed by atoms with Gasteiger partial charge in [-0.05, 0) is 41.8 Å². The first-order valence-electron chi connectivity index (χ1n) is 7.30. The summed E-state index contributed by atoms with van der Waals surface area (Å²) in [5, 5.41) is 13.6. The van der Waals surface area contributed by atoms with Gasteiger partial charge in [-0.2, -0.15) is 11.3 Å². The van der Waals surface area contributed by atoms with Crippen molar-refractivity contribution in [2.45, 2.75) is 38.3 Å². The molecule has 0 radical (unpaired) electrons. The van der Waals surface area contributed by atoms with E-state index in [1.54, 1.807) is 16.2 Å². The molecule has 0 aliphatic carbocycles. The molecule has 20 heavy (non-hydrogen) atoms. The van der Waals surface area contributed by atoms with Crippen LogP contribution >= 0.6 is 11.3 Å². The van der Waals surface area contributed by atoms with Gasteiger partial charge in [-0.1, -0.05) is 12.8 Å². The van der Waals surface area contributed by atoms with Crippen molar-refractivity contribution in [2.24, 2.45) is 0 Å². The Morgan fingerprint density at radius 1 is 1.50 bits per heavy atom. The van der Waals surface area contributed by atoms with Crippen LogP contribution in [0.2, 0.25) is 0 Å². The highest BCUT2D eigenvalue weighted by Crippen LogP contribution is 2.17. The molecule has 2 rings (SSSR count). The third-order valence-corrected chi connectivity index (χ3v) is 4.71. The Kier molecular flexibility index (Phi) is 6.01. The second-order valence-electron chi connectivity index (χ2n) is 5.54. The summed E-state index contributed by atoms with van der Waals surface area (Å²) in [5.74, 6) is 0.136. The Morgan fingerprint density at radius 3 is 3.05 bits per heavy atom. The number of hydrogen-bond donors (Lipinski definition) is 1. The van der Waals surface area contributed by atoms with E-state index in [4.69, 9.17) is 0 Å². The number of amides is 1. The molecule has 112 valence electrons. The molecule has 1 aliphatic heterocycles. The fourth-order valence-corrected chi connectivity index (χ4v) is 3.35. The zero-order chi connectivity index (χ0) is 14.4. The molecule has 0 aromatic carbocycles. The van der Waals surface area contributed by atoms with Crippen LogP contribution in [0.5, 0.6) is 0 Å². The topological polar surface area (TPSA) is 43.8 Å². The van der Waals surface area contributed by atoms with Gasteiger partial charge in [0.05, 0.1) is 13.2 Å². The number of rotatable bonds is 5. The number of nitrogens with zero attached hydrogens (tertiary/aromatic N) is 2. The lowest BCUT2D eigenvalue weighted by molar-refractivity contribution is -0.132. The third-order valence-electron chi connectivity index (χ3n) is 3.97. The fourth-order valence-electron chi connectivity index (χ4n) is 2.69. The van der Waals surface area contributed by atoms with Crippen LogP contribution in [0.25, 0.3) is 0 Å². The van der Waals surface area contributed by atoms with Gasteiger partial charge >= 0.3 is 0 Å². The van der Waals surface area contributed by atoms with Crippen LogP contribution in [0.3, 0.4) is 0 Å². The van der Waals surface area contributed by atoms with Crippen LogP contribution in [0.4, 0.5) is 0 Å². The smallest absolute Gasteiger partial charge is 0.236 e. The Morgan fingerprint density at radius 2 is 2.35 bits per heavy atom. The van der Waals surface area contributed by atoms with Crippen molar-refractivity contribution >= 4 is 17.2 Å². The molecule has 1 aromatic rings. The Balaban J connectivity index is 1.88. The summed E-state index contributed by atoms with van der Waals surface area (Å²) in [6.07, 6.45) is 4.47. The maximum atomic E-state index is 12.3. The van der Waals surface area contributed by atoms with Crippen LogP contribution in [-0.4, -0.2) is 53.6 Å². The molecule has 5 heteroatoms. The Labute approximate surface area is 125 Å². The highest BCUT2D eigenvalue weighted by molar-refractivity contribution is 7.07. The largest absolute Gasteiger partial charge is 0.395 e. The summed E-state index contributed by atoms with van der Waals surface area (Å²) in [7, 11) is 1.85. The van der Waals surface area contributed by atoms with Crippen molar-refractivity contribution in [1.82, 2.24) is 9.80 Å². The lowest BCUT2D eigenvalue weighted by Gasteiger charge is -2.29. The van der Waals surface area contributed by atoms with E-state index < -0.39 is 0 Å². The highest BCUT2D eigenvalue weighted by Gasteiger charge is 2.23. The minimum absolute atomic E-state index is 0.136. The predicted molar refractivity (Wildman–Crippen MR) is 81.7 cm³/mol. The number of aliphatic hydroxyl groups excluding tert-OH is 1. The Bertz CT molecular complexity index is 408. The number of carbonyl (C=O) groups is 1. The van der Waals surface area contributed by atoms with Gasteiger partial charge in [0.25, 0.3) is 0 Å². The molecule has 1 amide bonds. The van der Waals surface area contributed by atoms with Crippen molar-refractivity contribution < 1.29 is 9.90 Å². The van der Waals surface area contributed by atoms with Crippen LogP contribution < -0.4 is 0 Å². The SMILES string of the molecule is CN(Cc1ccsc1)C(=O)CN1CCCCCC1CO. The average molecular weight is 296 g/mol. The standard InChI is InChI=1S/C15H24N2O2S/c1-16(9-13-6-8-20-12-13)15(19)10-17-7-4-2-3-5-14(17)11-18/h6,8,12,14,18H,2-5,7,9-11H2,1H3. The van der Waals surface area contributed by atoms with Crippen LogP contribution in [-0.2, 0) is 11.3 Å². The molecule has 0 saturated carbocycles. The molecule has 0 spiro atoms. The van der Waals surface area contributed by atoms with E-state index in [1.165, 1.54) is 12.0 Å². The van der Waals surface area contributed by atoms with Crippen molar-refractivity contribution in [3.63, 3.8) is 0 Å². The summed E-state index contributed by atoms with van der Waals surface area (Å²) in [4.78, 5) is 16.2. The van der Waals surface area contributed by atoms with Crippen molar-refractivity contribution in [2.75, 3.05) is 26.7 Å². The zero-order valence-electron chi connectivity index (χ0n) is 12.1. The number of hydrogen-bond acceptors (Lipinski definition) is 4. The maximum absolute atomic E-state index is 12.3. The first-order chi connectivity index (χ1) is 9.70. The summed E-state index contributed by atoms with van der Waals surface area (Å²) < 4.78 is 0. The lowest BCUT2D eigenvalue weighted by atomic mass is 10.1. The van der Waals surface area contributed by atoms with E-state index in [1.807, 2.05) is 12.4 Å². The van der Waals surface area contributed by atoms with E-state index in [-0.39, 0.29) is 18.6 Å². The summed E-state index contributed by atoms with van der Waals surface area (Å²) in [6, 6.07) is 2.20. The van der Waals surface area contributed by atoms with E-state index in [0.717, 1.165) is 25.8 Å². The lowest BCUT2D eigenvalue weighted by Crippen LogP contribution is -2.44. The van der Waals surface area contributed by atoms with Crippen LogP contribution in [0.1, 0.15) is 31.2 Å². The van der Waals surface area contributed by atoms with Gasteiger partial charge in [0, 0.05) is 19.6 Å². The summed E-state index contributed by atoms with van der Waals surface area (Å²) >= 11 is 1.65. The van der Waals surface area contributed by atoms with Crippen molar-refractivity contribution in [1.29, 1.82) is 0 Å². The molecule has 1 unspecified atom stereocenters. The van der Waals surface area contributed by atoms with Crippen molar-refractivity contribution in [3.05, 3.63) is 22.4 Å². The van der Waals surface area contributed by atoms with Gasteiger partial charge in [0.2, 0.25) is 5.91 Å². The average Bonchev–Trinajstić information content (AvgIpc) is 2.84. The first kappa shape index (κ1) is 15.5. The molecule has 1 aliphatic rings. The zero-order valence-corrected chi connectivity index (χ0v) is 12.9. The molecule has 4 nitrogen and oxygen atoms in total. The molecule has 0 bridgehead atoms. The molecular formula is C15H24N2O2S. The van der Waals surface area contributed by atoms with Gasteiger partial charge in [-0.25, -0.2) is 0 Å². The van der Waals surface area contributed by atoms with Crippen molar-refractivity contribution in [3.8, 4) is 0 Å². The normalized spacial score (nSPS) is 20.6. The van der Waals surface area contributed by atoms with E-state index in [9.17, 15) is 9.90 Å². The number of aliphatic hydroxyl groups is 1. The molecular weight excluding hydrogens is 272 g/mol.